The van der Waals surface area contributed by atoms with Crippen LogP contribution in [0.4, 0.5) is 8.78 Å². The molecule has 14 heavy (non-hydrogen) atoms. The summed E-state index contributed by atoms with van der Waals surface area (Å²) in [5.41, 5.74) is -0.290. The molecule has 6 heteroatoms. The van der Waals surface area contributed by atoms with Crippen LogP contribution in [-0.2, 0) is 4.74 Å². The van der Waals surface area contributed by atoms with E-state index < -0.39 is 12.4 Å². The molecule has 1 aromatic rings. The number of hydrogen-bond donors (Lipinski definition) is 1. The molecule has 1 heterocycles. The highest BCUT2D eigenvalue weighted by Gasteiger charge is 2.18. The Labute approximate surface area is 87.6 Å². The van der Waals surface area contributed by atoms with E-state index in [0.717, 1.165) is 0 Å². The summed E-state index contributed by atoms with van der Waals surface area (Å²) in [6.07, 6.45) is -2.65. The highest BCUT2D eigenvalue weighted by atomic mass is 79.9. The molecule has 0 saturated heterocycles. The van der Waals surface area contributed by atoms with E-state index in [1.807, 2.05) is 0 Å². The van der Waals surface area contributed by atoms with Gasteiger partial charge in [0.25, 0.3) is 6.43 Å². The van der Waals surface area contributed by atoms with E-state index in [1.165, 1.54) is 6.07 Å². The van der Waals surface area contributed by atoms with Crippen LogP contribution < -0.4 is 0 Å². The first-order chi connectivity index (χ1) is 6.56. The van der Waals surface area contributed by atoms with Crippen molar-refractivity contribution in [2.75, 3.05) is 6.61 Å². The van der Waals surface area contributed by atoms with Crippen molar-refractivity contribution in [3.8, 4) is 0 Å². The monoisotopic (exact) mass is 267 g/mol. The first kappa shape index (κ1) is 11.2. The Kier molecular flexibility index (Phi) is 3.62. The Hall–Kier alpha value is -0.910. The number of aromatic amines is 1. The number of ether oxygens (including phenoxy) is 1. The molecule has 0 bridgehead atoms. The molecule has 0 atom stereocenters. The minimum absolute atomic E-state index is 0.0222. The van der Waals surface area contributed by atoms with E-state index in [2.05, 4.69) is 25.7 Å². The molecule has 0 saturated carbocycles. The van der Waals surface area contributed by atoms with Crippen molar-refractivity contribution in [3.63, 3.8) is 0 Å². The van der Waals surface area contributed by atoms with Crippen molar-refractivity contribution in [2.24, 2.45) is 0 Å². The zero-order chi connectivity index (χ0) is 10.7. The molecule has 1 rings (SSSR count). The van der Waals surface area contributed by atoms with Crippen molar-refractivity contribution in [1.29, 1.82) is 0 Å². The lowest BCUT2D eigenvalue weighted by atomic mass is 10.4. The van der Waals surface area contributed by atoms with Gasteiger partial charge in [-0.05, 0) is 28.9 Å². The molecule has 0 aliphatic carbocycles. The quantitative estimate of drug-likeness (QED) is 0.856. The number of halogens is 3. The third-order valence-electron chi connectivity index (χ3n) is 1.51. The number of carbonyl (C=O) groups is 1. The van der Waals surface area contributed by atoms with Gasteiger partial charge >= 0.3 is 5.97 Å². The summed E-state index contributed by atoms with van der Waals surface area (Å²) < 4.78 is 29.4. The lowest BCUT2D eigenvalue weighted by Gasteiger charge is -1.98. The Morgan fingerprint density at radius 2 is 2.36 bits per heavy atom. The van der Waals surface area contributed by atoms with Crippen molar-refractivity contribution >= 4 is 21.9 Å². The Morgan fingerprint density at radius 1 is 1.71 bits per heavy atom. The van der Waals surface area contributed by atoms with Gasteiger partial charge in [0.2, 0.25) is 0 Å². The lowest BCUT2D eigenvalue weighted by Crippen LogP contribution is -2.05. The van der Waals surface area contributed by atoms with Crippen molar-refractivity contribution in [2.45, 2.75) is 13.3 Å². The van der Waals surface area contributed by atoms with Gasteiger partial charge in [-0.15, -0.1) is 0 Å². The van der Waals surface area contributed by atoms with Gasteiger partial charge in [0.05, 0.1) is 12.3 Å². The summed E-state index contributed by atoms with van der Waals surface area (Å²) in [7, 11) is 0. The van der Waals surface area contributed by atoms with Gasteiger partial charge in [0.1, 0.15) is 5.69 Å². The van der Waals surface area contributed by atoms with Crippen LogP contribution in [0, 0.1) is 0 Å². The van der Waals surface area contributed by atoms with Crippen molar-refractivity contribution in [1.82, 2.24) is 4.98 Å². The molecule has 0 unspecified atom stereocenters. The van der Waals surface area contributed by atoms with Gasteiger partial charge in [0.15, 0.2) is 0 Å². The molecule has 1 N–H and O–H groups in total. The topological polar surface area (TPSA) is 42.1 Å². The lowest BCUT2D eigenvalue weighted by molar-refractivity contribution is 0.0519. The number of nitrogens with one attached hydrogen (secondary N) is 1. The number of rotatable bonds is 3. The molecule has 3 nitrogen and oxygen atoms in total. The maximum absolute atomic E-state index is 12.3. The Morgan fingerprint density at radius 3 is 2.79 bits per heavy atom. The molecule has 1 aromatic heterocycles. The van der Waals surface area contributed by atoms with Crippen LogP contribution in [0.1, 0.15) is 29.5 Å². The molecule has 0 amide bonds. The third kappa shape index (κ3) is 2.31. The van der Waals surface area contributed by atoms with Gasteiger partial charge in [-0.25, -0.2) is 13.6 Å². The first-order valence-corrected chi connectivity index (χ1v) is 4.69. The summed E-state index contributed by atoms with van der Waals surface area (Å²) in [6, 6.07) is 1.28. The highest BCUT2D eigenvalue weighted by Crippen LogP contribution is 2.27. The van der Waals surface area contributed by atoms with Gasteiger partial charge in [-0.2, -0.15) is 0 Å². The third-order valence-corrected chi connectivity index (χ3v) is 2.17. The number of H-pyrrole nitrogens is 1. The number of aromatic nitrogens is 1. The maximum Gasteiger partial charge on any atom is 0.354 e. The molecule has 0 aromatic carbocycles. The largest absolute Gasteiger partial charge is 0.461 e. The molecule has 0 spiro atoms. The van der Waals surface area contributed by atoms with Gasteiger partial charge in [-0.1, -0.05) is 0 Å². The van der Waals surface area contributed by atoms with E-state index in [-0.39, 0.29) is 22.5 Å². The minimum atomic E-state index is -2.65. The summed E-state index contributed by atoms with van der Waals surface area (Å²) >= 11 is 2.92. The van der Waals surface area contributed by atoms with Crippen LogP contribution in [0.15, 0.2) is 10.5 Å². The van der Waals surface area contributed by atoms with E-state index in [0.29, 0.717) is 0 Å². The van der Waals surface area contributed by atoms with Crippen LogP contribution in [0.2, 0.25) is 0 Å². The van der Waals surface area contributed by atoms with Crippen LogP contribution in [0.25, 0.3) is 0 Å². The van der Waals surface area contributed by atoms with Crippen molar-refractivity contribution < 1.29 is 18.3 Å². The predicted octanol–water partition coefficient (Wildman–Crippen LogP) is 2.89. The molecule has 0 radical (unpaired) electrons. The van der Waals surface area contributed by atoms with Crippen LogP contribution in [-0.4, -0.2) is 17.6 Å². The smallest absolute Gasteiger partial charge is 0.354 e. The molecule has 0 aliphatic rings. The van der Waals surface area contributed by atoms with Crippen LogP contribution in [0.5, 0.6) is 0 Å². The highest BCUT2D eigenvalue weighted by molar-refractivity contribution is 9.10. The second-order valence-corrected chi connectivity index (χ2v) is 3.32. The molecule has 0 aliphatic heterocycles. The maximum atomic E-state index is 12.3. The van der Waals surface area contributed by atoms with E-state index in [9.17, 15) is 13.6 Å². The Balaban J connectivity index is 2.90. The summed E-state index contributed by atoms with van der Waals surface area (Å²) in [6.45, 7) is 1.85. The summed E-state index contributed by atoms with van der Waals surface area (Å²) in [5.74, 6) is -0.639. The van der Waals surface area contributed by atoms with Crippen LogP contribution >= 0.6 is 15.9 Å². The van der Waals surface area contributed by atoms with E-state index in [1.54, 1.807) is 6.92 Å². The fraction of sp³-hybridized carbons (Fsp3) is 0.375. The molecular weight excluding hydrogens is 260 g/mol. The van der Waals surface area contributed by atoms with Crippen molar-refractivity contribution in [3.05, 3.63) is 21.9 Å². The second kappa shape index (κ2) is 4.54. The summed E-state index contributed by atoms with van der Waals surface area (Å²) in [4.78, 5) is 13.4. The predicted molar refractivity (Wildman–Crippen MR) is 49.4 cm³/mol. The number of carbonyl (C=O) groups excluding carboxylic acids is 1. The fourth-order valence-electron chi connectivity index (χ4n) is 0.923. The van der Waals surface area contributed by atoms with E-state index >= 15 is 0 Å². The standard InChI is InChI=1S/C8H8BrF2NO2/c1-2-14-8(13)5-3-4(9)6(12-5)7(10)11/h3,7,12H,2H2,1H3. The first-order valence-electron chi connectivity index (χ1n) is 3.90. The summed E-state index contributed by atoms with van der Waals surface area (Å²) in [5, 5.41) is 0. The van der Waals surface area contributed by atoms with Gasteiger partial charge < -0.3 is 9.72 Å². The van der Waals surface area contributed by atoms with Gasteiger partial charge in [-0.3, -0.25) is 0 Å². The number of alkyl halides is 2. The van der Waals surface area contributed by atoms with Gasteiger partial charge in [0, 0.05) is 4.47 Å². The van der Waals surface area contributed by atoms with E-state index in [4.69, 9.17) is 0 Å². The minimum Gasteiger partial charge on any atom is -0.461 e. The molecule has 78 valence electrons. The second-order valence-electron chi connectivity index (χ2n) is 2.47. The number of hydrogen-bond acceptors (Lipinski definition) is 2. The average molecular weight is 268 g/mol. The number of esters is 1. The zero-order valence-electron chi connectivity index (χ0n) is 7.31. The molecular formula is C8H8BrF2NO2. The fourth-order valence-corrected chi connectivity index (χ4v) is 1.42. The average Bonchev–Trinajstić information content (AvgIpc) is 2.48. The van der Waals surface area contributed by atoms with Crippen LogP contribution in [0.3, 0.4) is 0 Å². The Bertz CT molecular complexity index is 338. The SMILES string of the molecule is CCOC(=O)c1cc(Br)c(C(F)F)[nH]1. The molecule has 0 fully saturated rings. The zero-order valence-corrected chi connectivity index (χ0v) is 8.90. The normalized spacial score (nSPS) is 10.6.